The van der Waals surface area contributed by atoms with Crippen LogP contribution < -0.4 is 15.6 Å². The van der Waals surface area contributed by atoms with Crippen LogP contribution in [-0.4, -0.2) is 25.9 Å². The smallest absolute Gasteiger partial charge is 0.147 e. The molecule has 0 fully saturated rings. The van der Waals surface area contributed by atoms with E-state index in [2.05, 4.69) is 9.97 Å². The Morgan fingerprint density at radius 2 is 2.00 bits per heavy atom. The zero-order valence-electron chi connectivity index (χ0n) is 11.9. The van der Waals surface area contributed by atoms with Crippen LogP contribution in [0.5, 0.6) is 5.75 Å². The van der Waals surface area contributed by atoms with E-state index >= 15 is 0 Å². The topological polar surface area (TPSA) is 109 Å². The molecule has 0 saturated heterocycles. The van der Waals surface area contributed by atoms with Gasteiger partial charge in [0.05, 0.1) is 17.4 Å². The van der Waals surface area contributed by atoms with Gasteiger partial charge < -0.3 is 15.0 Å². The van der Waals surface area contributed by atoms with E-state index in [1.165, 1.54) is 6.33 Å². The molecule has 114 valence electrons. The third-order valence-corrected chi connectivity index (χ3v) is 4.12. The summed E-state index contributed by atoms with van der Waals surface area (Å²) in [5.74, 6) is 1.06. The molecule has 0 radical (unpaired) electrons. The largest absolute Gasteiger partial charge is 0.497 e. The highest BCUT2D eigenvalue weighted by atomic mass is 32.2. The Balaban J connectivity index is 2.06. The number of nitrogens with zero attached hydrogens (tertiary/aromatic N) is 3. The number of hydrogen-bond donors (Lipinski definition) is 2. The average molecular weight is 317 g/mol. The lowest BCUT2D eigenvalue weighted by atomic mass is 10.2. The van der Waals surface area contributed by atoms with Crippen molar-refractivity contribution >= 4 is 27.8 Å². The molecular weight excluding hydrogens is 302 g/mol. The lowest BCUT2D eigenvalue weighted by Gasteiger charge is -2.06. The number of benzene rings is 1. The minimum Gasteiger partial charge on any atom is -0.497 e. The molecular formula is C14H15N5O2S. The number of rotatable bonds is 4. The van der Waals surface area contributed by atoms with Crippen molar-refractivity contribution in [2.75, 3.05) is 12.8 Å². The first-order valence-corrected chi connectivity index (χ1v) is 7.70. The van der Waals surface area contributed by atoms with Crippen LogP contribution in [-0.2, 0) is 17.5 Å². The van der Waals surface area contributed by atoms with Crippen LogP contribution in [0.25, 0.3) is 11.0 Å². The molecule has 1 unspecified atom stereocenters. The number of nitrogens with two attached hydrogens (primary N) is 2. The molecule has 0 bridgehead atoms. The van der Waals surface area contributed by atoms with E-state index < -0.39 is 11.0 Å². The lowest BCUT2D eigenvalue weighted by molar-refractivity contribution is 0.414. The average Bonchev–Trinajstić information content (AvgIpc) is 2.89. The van der Waals surface area contributed by atoms with Crippen LogP contribution in [0.1, 0.15) is 5.56 Å². The SMILES string of the molecule is COc1ccc(Cn2cc(S(N)=O)c3c(N)ncnc32)cc1. The Morgan fingerprint density at radius 3 is 2.64 bits per heavy atom. The van der Waals surface area contributed by atoms with E-state index in [1.807, 2.05) is 28.8 Å². The Morgan fingerprint density at radius 1 is 1.27 bits per heavy atom. The molecule has 8 heteroatoms. The first kappa shape index (κ1) is 14.5. The minimum atomic E-state index is -1.66. The number of aromatic nitrogens is 3. The van der Waals surface area contributed by atoms with E-state index in [9.17, 15) is 4.21 Å². The third-order valence-electron chi connectivity index (χ3n) is 3.38. The van der Waals surface area contributed by atoms with Crippen molar-refractivity contribution in [3.63, 3.8) is 0 Å². The number of ether oxygens (including phenoxy) is 1. The molecule has 3 rings (SSSR count). The van der Waals surface area contributed by atoms with Crippen molar-refractivity contribution in [1.29, 1.82) is 0 Å². The van der Waals surface area contributed by atoms with Crippen molar-refractivity contribution < 1.29 is 8.95 Å². The van der Waals surface area contributed by atoms with Crippen molar-refractivity contribution in [2.45, 2.75) is 11.4 Å². The van der Waals surface area contributed by atoms with Gasteiger partial charge in [-0.25, -0.2) is 19.3 Å². The maximum atomic E-state index is 11.7. The highest BCUT2D eigenvalue weighted by Crippen LogP contribution is 2.26. The number of nitrogen functional groups attached to an aromatic ring is 1. The molecule has 0 saturated carbocycles. The van der Waals surface area contributed by atoms with Gasteiger partial charge in [0, 0.05) is 12.7 Å². The lowest BCUT2D eigenvalue weighted by Crippen LogP contribution is -2.03. The Hall–Kier alpha value is -2.45. The summed E-state index contributed by atoms with van der Waals surface area (Å²) in [6.07, 6.45) is 3.08. The van der Waals surface area contributed by atoms with Gasteiger partial charge in [0.1, 0.15) is 34.5 Å². The minimum absolute atomic E-state index is 0.271. The molecule has 0 aliphatic carbocycles. The molecule has 0 amide bonds. The summed E-state index contributed by atoms with van der Waals surface area (Å²) < 4.78 is 18.7. The molecule has 22 heavy (non-hydrogen) atoms. The number of anilines is 1. The van der Waals surface area contributed by atoms with Crippen molar-refractivity contribution in [3.05, 3.63) is 42.4 Å². The van der Waals surface area contributed by atoms with E-state index in [4.69, 9.17) is 15.6 Å². The Labute approximate surface area is 129 Å². The highest BCUT2D eigenvalue weighted by molar-refractivity contribution is 7.83. The third kappa shape index (κ3) is 2.53. The molecule has 2 heterocycles. The zero-order chi connectivity index (χ0) is 15.7. The van der Waals surface area contributed by atoms with Crippen LogP contribution in [0.2, 0.25) is 0 Å². The summed E-state index contributed by atoms with van der Waals surface area (Å²) in [6, 6.07) is 7.67. The van der Waals surface area contributed by atoms with Gasteiger partial charge >= 0.3 is 0 Å². The van der Waals surface area contributed by atoms with Crippen LogP contribution >= 0.6 is 0 Å². The van der Waals surface area contributed by atoms with Gasteiger partial charge in [0.2, 0.25) is 0 Å². The maximum Gasteiger partial charge on any atom is 0.147 e. The second-order valence-electron chi connectivity index (χ2n) is 4.72. The van der Waals surface area contributed by atoms with Gasteiger partial charge in [-0.15, -0.1) is 0 Å². The van der Waals surface area contributed by atoms with E-state index in [-0.39, 0.29) is 5.82 Å². The molecule has 0 aliphatic heterocycles. The summed E-state index contributed by atoms with van der Waals surface area (Å²) in [5.41, 5.74) is 7.52. The fourth-order valence-corrected chi connectivity index (χ4v) is 2.94. The first-order chi connectivity index (χ1) is 10.6. The van der Waals surface area contributed by atoms with Crippen molar-refractivity contribution in [3.8, 4) is 5.75 Å². The van der Waals surface area contributed by atoms with Crippen LogP contribution in [0.15, 0.2) is 41.7 Å². The molecule has 3 aromatic rings. The number of methoxy groups -OCH3 is 1. The van der Waals surface area contributed by atoms with Gasteiger partial charge in [-0.2, -0.15) is 0 Å². The molecule has 0 aliphatic rings. The molecule has 4 N–H and O–H groups in total. The van der Waals surface area contributed by atoms with Gasteiger partial charge in [-0.1, -0.05) is 12.1 Å². The molecule has 2 aromatic heterocycles. The molecule has 1 atom stereocenters. The fourth-order valence-electron chi connectivity index (χ4n) is 2.31. The monoisotopic (exact) mass is 317 g/mol. The number of hydrogen-bond acceptors (Lipinski definition) is 5. The van der Waals surface area contributed by atoms with E-state index in [0.29, 0.717) is 22.5 Å². The second kappa shape index (κ2) is 5.74. The predicted molar refractivity (Wildman–Crippen MR) is 84.6 cm³/mol. The van der Waals surface area contributed by atoms with Crippen LogP contribution in [0.4, 0.5) is 5.82 Å². The molecule has 0 spiro atoms. The van der Waals surface area contributed by atoms with Gasteiger partial charge in [-0.05, 0) is 17.7 Å². The van der Waals surface area contributed by atoms with Crippen molar-refractivity contribution in [1.82, 2.24) is 14.5 Å². The zero-order valence-corrected chi connectivity index (χ0v) is 12.7. The van der Waals surface area contributed by atoms with E-state index in [0.717, 1.165) is 11.3 Å². The molecule has 7 nitrogen and oxygen atoms in total. The summed E-state index contributed by atoms with van der Waals surface area (Å²) in [6.45, 7) is 0.550. The summed E-state index contributed by atoms with van der Waals surface area (Å²) in [4.78, 5) is 8.60. The second-order valence-corrected chi connectivity index (χ2v) is 5.76. The van der Waals surface area contributed by atoms with Crippen LogP contribution in [0.3, 0.4) is 0 Å². The van der Waals surface area contributed by atoms with Gasteiger partial charge in [0.25, 0.3) is 0 Å². The van der Waals surface area contributed by atoms with Crippen LogP contribution in [0, 0.1) is 0 Å². The first-order valence-electron chi connectivity index (χ1n) is 6.48. The Bertz CT molecular complexity index is 844. The quantitative estimate of drug-likeness (QED) is 0.747. The summed E-state index contributed by atoms with van der Waals surface area (Å²) in [7, 11) is -0.0349. The molecule has 1 aromatic carbocycles. The normalized spacial score (nSPS) is 12.5. The summed E-state index contributed by atoms with van der Waals surface area (Å²) >= 11 is 0. The number of fused-ring (bicyclic) bond motifs is 1. The van der Waals surface area contributed by atoms with E-state index in [1.54, 1.807) is 13.3 Å². The maximum absolute atomic E-state index is 11.7. The summed E-state index contributed by atoms with van der Waals surface area (Å²) in [5, 5.41) is 6.06. The predicted octanol–water partition coefficient (Wildman–Crippen LogP) is 1.05. The van der Waals surface area contributed by atoms with Crippen molar-refractivity contribution in [2.24, 2.45) is 5.14 Å². The van der Waals surface area contributed by atoms with Gasteiger partial charge in [0.15, 0.2) is 0 Å². The standard InChI is InChI=1S/C14H15N5O2S/c1-21-10-4-2-9(3-5-10)6-19-7-11(22(16)20)12-13(15)17-8-18-14(12)19/h2-5,7-8H,6,16H2,1H3,(H2,15,17,18). The fraction of sp³-hybridized carbons (Fsp3) is 0.143. The van der Waals surface area contributed by atoms with Gasteiger partial charge in [-0.3, -0.25) is 0 Å². The Kier molecular flexibility index (Phi) is 3.78. The highest BCUT2D eigenvalue weighted by Gasteiger charge is 2.16.